The Labute approximate surface area is 233 Å². The van der Waals surface area contributed by atoms with Crippen LogP contribution in [-0.2, 0) is 6.42 Å². The van der Waals surface area contributed by atoms with E-state index in [1.807, 2.05) is 23.5 Å². The average Bonchev–Trinajstić information content (AvgIpc) is 3.74. The van der Waals surface area contributed by atoms with Crippen molar-refractivity contribution in [2.24, 2.45) is 0 Å². The summed E-state index contributed by atoms with van der Waals surface area (Å²) in [7, 11) is 0. The molecule has 1 aliphatic carbocycles. The minimum atomic E-state index is 0.923. The number of aromatic nitrogens is 1. The second-order valence-electron chi connectivity index (χ2n) is 10.9. The molecule has 0 N–H and O–H groups in total. The summed E-state index contributed by atoms with van der Waals surface area (Å²) < 4.78 is 11.4. The Bertz CT molecular complexity index is 2520. The van der Waals surface area contributed by atoms with Gasteiger partial charge < -0.3 is 8.98 Å². The third-order valence-corrected chi connectivity index (χ3v) is 10.1. The third-order valence-electron chi connectivity index (χ3n) is 8.82. The SMILES string of the molecule is c1ccc2c(c1)Cc1ccc3c(sc4c3ccc3c4c4ccccc4n3-c3ccc4oc5ccccc5c4c3)c1-2. The zero-order valence-electron chi connectivity index (χ0n) is 21.4. The molecule has 3 heterocycles. The van der Waals surface area contributed by atoms with Gasteiger partial charge in [-0.15, -0.1) is 11.3 Å². The molecule has 186 valence electrons. The number of thiophene rings is 1. The van der Waals surface area contributed by atoms with Crippen molar-refractivity contribution in [1.82, 2.24) is 4.57 Å². The lowest BCUT2D eigenvalue weighted by atomic mass is 10.0. The molecule has 40 heavy (non-hydrogen) atoms. The Hall–Kier alpha value is -4.86. The highest BCUT2D eigenvalue weighted by Gasteiger charge is 2.24. The molecule has 10 rings (SSSR count). The van der Waals surface area contributed by atoms with Crippen LogP contribution in [0.1, 0.15) is 11.1 Å². The van der Waals surface area contributed by atoms with Gasteiger partial charge in [0.1, 0.15) is 11.2 Å². The number of para-hydroxylation sites is 2. The van der Waals surface area contributed by atoms with E-state index in [0.717, 1.165) is 34.0 Å². The van der Waals surface area contributed by atoms with Crippen molar-refractivity contribution < 1.29 is 4.42 Å². The molecule has 0 amide bonds. The van der Waals surface area contributed by atoms with Crippen molar-refractivity contribution >= 4 is 75.3 Å². The van der Waals surface area contributed by atoms with E-state index in [2.05, 4.69) is 108 Å². The van der Waals surface area contributed by atoms with Crippen molar-refractivity contribution in [1.29, 1.82) is 0 Å². The molecule has 0 fully saturated rings. The highest BCUT2D eigenvalue weighted by atomic mass is 32.1. The monoisotopic (exact) mass is 527 g/mol. The van der Waals surface area contributed by atoms with Crippen molar-refractivity contribution in [2.75, 3.05) is 0 Å². The molecule has 3 heteroatoms. The summed E-state index contributed by atoms with van der Waals surface area (Å²) in [4.78, 5) is 0. The number of benzene rings is 6. The van der Waals surface area contributed by atoms with Gasteiger partial charge in [0, 0.05) is 53.0 Å². The quantitative estimate of drug-likeness (QED) is 0.208. The van der Waals surface area contributed by atoms with E-state index in [0.29, 0.717) is 0 Å². The summed E-state index contributed by atoms with van der Waals surface area (Å²) in [6, 6.07) is 42.0. The Balaban J connectivity index is 1.32. The molecule has 6 aromatic carbocycles. The van der Waals surface area contributed by atoms with Gasteiger partial charge in [0.15, 0.2) is 0 Å². The number of hydrogen-bond acceptors (Lipinski definition) is 2. The zero-order chi connectivity index (χ0) is 25.9. The first-order valence-corrected chi connectivity index (χ1v) is 14.6. The molecular formula is C37H21NOS. The lowest BCUT2D eigenvalue weighted by molar-refractivity contribution is 0.669. The van der Waals surface area contributed by atoms with E-state index in [1.165, 1.54) is 64.2 Å². The normalized spacial score (nSPS) is 12.9. The molecule has 0 saturated heterocycles. The van der Waals surface area contributed by atoms with Gasteiger partial charge in [0.05, 0.1) is 11.0 Å². The zero-order valence-corrected chi connectivity index (χ0v) is 22.3. The number of furan rings is 1. The number of nitrogens with zero attached hydrogens (tertiary/aromatic N) is 1. The van der Waals surface area contributed by atoms with Crippen LogP contribution < -0.4 is 0 Å². The van der Waals surface area contributed by atoms with Crippen molar-refractivity contribution in [3.05, 3.63) is 126 Å². The third kappa shape index (κ3) is 2.58. The largest absolute Gasteiger partial charge is 0.456 e. The van der Waals surface area contributed by atoms with E-state index >= 15 is 0 Å². The molecule has 2 nitrogen and oxygen atoms in total. The van der Waals surface area contributed by atoms with Crippen molar-refractivity contribution in [3.63, 3.8) is 0 Å². The van der Waals surface area contributed by atoms with Gasteiger partial charge in [-0.1, -0.05) is 78.9 Å². The Morgan fingerprint density at radius 1 is 0.550 bits per heavy atom. The molecule has 0 atom stereocenters. The van der Waals surface area contributed by atoms with Crippen LogP contribution in [0, 0.1) is 0 Å². The maximum absolute atomic E-state index is 6.15. The summed E-state index contributed by atoms with van der Waals surface area (Å²) in [5.41, 5.74) is 11.2. The Kier molecular flexibility index (Phi) is 3.89. The van der Waals surface area contributed by atoms with Gasteiger partial charge in [-0.25, -0.2) is 0 Å². The van der Waals surface area contributed by atoms with Crippen LogP contribution in [0.15, 0.2) is 120 Å². The minimum absolute atomic E-state index is 0.923. The van der Waals surface area contributed by atoms with E-state index < -0.39 is 0 Å². The molecule has 3 aromatic heterocycles. The second kappa shape index (κ2) is 7.41. The molecular weight excluding hydrogens is 506 g/mol. The van der Waals surface area contributed by atoms with Crippen LogP contribution in [0.5, 0.6) is 0 Å². The number of hydrogen-bond donors (Lipinski definition) is 0. The van der Waals surface area contributed by atoms with Crippen LogP contribution in [0.3, 0.4) is 0 Å². The Morgan fingerprint density at radius 3 is 2.30 bits per heavy atom. The number of fused-ring (bicyclic) bond motifs is 14. The summed E-state index contributed by atoms with van der Waals surface area (Å²) >= 11 is 1.96. The molecule has 0 aliphatic heterocycles. The standard InChI is InChI=1S/C37H21NOS/c1-2-8-24-21(7-1)19-22-13-15-26-27-16-17-31-35(37(27)40-36(26)34(22)24)28-10-3-5-11-30(28)38(31)23-14-18-33-29(20-23)25-9-4-6-12-32(25)39-33/h1-18,20H,19H2. The van der Waals surface area contributed by atoms with E-state index in [9.17, 15) is 0 Å². The van der Waals surface area contributed by atoms with Gasteiger partial charge in [0.25, 0.3) is 0 Å². The first-order chi connectivity index (χ1) is 19.8. The van der Waals surface area contributed by atoms with E-state index in [-0.39, 0.29) is 0 Å². The maximum atomic E-state index is 6.15. The average molecular weight is 528 g/mol. The predicted molar refractivity (Wildman–Crippen MR) is 169 cm³/mol. The Morgan fingerprint density at radius 2 is 1.32 bits per heavy atom. The van der Waals surface area contributed by atoms with Crippen LogP contribution in [-0.4, -0.2) is 4.57 Å². The van der Waals surface area contributed by atoms with Crippen LogP contribution in [0.4, 0.5) is 0 Å². The molecule has 9 aromatic rings. The highest BCUT2D eigenvalue weighted by molar-refractivity contribution is 7.27. The maximum Gasteiger partial charge on any atom is 0.135 e. The molecule has 0 bridgehead atoms. The summed E-state index contributed by atoms with van der Waals surface area (Å²) in [6.07, 6.45) is 1.02. The first kappa shape index (κ1) is 21.0. The summed E-state index contributed by atoms with van der Waals surface area (Å²) in [6.45, 7) is 0. The van der Waals surface area contributed by atoms with Crippen LogP contribution >= 0.6 is 11.3 Å². The van der Waals surface area contributed by atoms with Gasteiger partial charge in [-0.05, 0) is 59.5 Å². The summed E-state index contributed by atoms with van der Waals surface area (Å²) in [5, 5.41) is 7.65. The fourth-order valence-corrected chi connectivity index (χ4v) is 8.53. The first-order valence-electron chi connectivity index (χ1n) is 13.7. The molecule has 0 radical (unpaired) electrons. The van der Waals surface area contributed by atoms with E-state index in [4.69, 9.17) is 4.42 Å². The highest BCUT2D eigenvalue weighted by Crippen LogP contribution is 2.49. The van der Waals surface area contributed by atoms with Crippen molar-refractivity contribution in [2.45, 2.75) is 6.42 Å². The van der Waals surface area contributed by atoms with Crippen LogP contribution in [0.2, 0.25) is 0 Å². The van der Waals surface area contributed by atoms with Crippen molar-refractivity contribution in [3.8, 4) is 16.8 Å². The molecule has 0 spiro atoms. The van der Waals surface area contributed by atoms with E-state index in [1.54, 1.807) is 0 Å². The topological polar surface area (TPSA) is 18.1 Å². The van der Waals surface area contributed by atoms with Gasteiger partial charge in [0.2, 0.25) is 0 Å². The smallest absolute Gasteiger partial charge is 0.135 e. The molecule has 0 saturated carbocycles. The minimum Gasteiger partial charge on any atom is -0.456 e. The fourth-order valence-electron chi connectivity index (χ4n) is 7.09. The number of rotatable bonds is 1. The lowest BCUT2D eigenvalue weighted by Gasteiger charge is -2.08. The van der Waals surface area contributed by atoms with Crippen LogP contribution in [0.25, 0.3) is 80.7 Å². The molecule has 1 aliphatic rings. The second-order valence-corrected chi connectivity index (χ2v) is 11.9. The van der Waals surface area contributed by atoms with Gasteiger partial charge in [-0.2, -0.15) is 0 Å². The fraction of sp³-hybridized carbons (Fsp3) is 0.0270. The predicted octanol–water partition coefficient (Wildman–Crippen LogP) is 10.6. The molecule has 0 unspecified atom stereocenters. The van der Waals surface area contributed by atoms with Gasteiger partial charge >= 0.3 is 0 Å². The lowest BCUT2D eigenvalue weighted by Crippen LogP contribution is -1.93. The summed E-state index contributed by atoms with van der Waals surface area (Å²) in [5.74, 6) is 0. The van der Waals surface area contributed by atoms with Gasteiger partial charge in [-0.3, -0.25) is 0 Å².